The van der Waals surface area contributed by atoms with Gasteiger partial charge >= 0.3 is 6.18 Å². The highest BCUT2D eigenvalue weighted by atomic mass is 19.4. The second-order valence-electron chi connectivity index (χ2n) is 6.06. The van der Waals surface area contributed by atoms with E-state index < -0.39 is 30.5 Å². The maximum Gasteiger partial charge on any atom is 0.433 e. The van der Waals surface area contributed by atoms with Crippen molar-refractivity contribution < 1.29 is 27.1 Å². The molecule has 1 fully saturated rings. The number of hydrogen-bond acceptors (Lipinski definition) is 2. The summed E-state index contributed by atoms with van der Waals surface area (Å²) in [5.74, 6) is -1.22. The number of carbonyl (C=O) groups is 1. The number of benzene rings is 2. The van der Waals surface area contributed by atoms with Gasteiger partial charge < -0.3 is 4.74 Å². The van der Waals surface area contributed by atoms with Crippen LogP contribution in [-0.2, 0) is 16.0 Å². The topological polar surface area (TPSA) is 29.5 Å². The Morgan fingerprint density at radius 2 is 1.65 bits per heavy atom. The van der Waals surface area contributed by atoms with Crippen molar-refractivity contribution in [3.63, 3.8) is 0 Å². The van der Waals surface area contributed by atoms with Gasteiger partial charge in [0.1, 0.15) is 0 Å². The molecule has 1 aliphatic rings. The van der Waals surface area contributed by atoms with Gasteiger partial charge in [-0.1, -0.05) is 60.7 Å². The molecule has 0 aliphatic carbocycles. The van der Waals surface area contributed by atoms with E-state index in [0.717, 1.165) is 0 Å². The Morgan fingerprint density at radius 1 is 1.08 bits per heavy atom. The summed E-state index contributed by atoms with van der Waals surface area (Å²) in [7, 11) is 0. The Hall–Kier alpha value is -2.41. The molecule has 1 saturated heterocycles. The van der Waals surface area contributed by atoms with Crippen LogP contribution in [0.4, 0.5) is 17.6 Å². The van der Waals surface area contributed by atoms with Gasteiger partial charge in [-0.3, -0.25) is 9.69 Å². The maximum absolute atomic E-state index is 14.6. The Labute approximate surface area is 148 Å². The molecule has 1 aliphatic heterocycles. The lowest BCUT2D eigenvalue weighted by atomic mass is 10.0. The molecule has 3 atom stereocenters. The van der Waals surface area contributed by atoms with Crippen molar-refractivity contribution in [1.82, 2.24) is 4.90 Å². The normalized spacial score (nSPS) is 21.6. The van der Waals surface area contributed by atoms with Crippen molar-refractivity contribution >= 4 is 5.91 Å². The van der Waals surface area contributed by atoms with Gasteiger partial charge in [0, 0.05) is 6.42 Å². The molecule has 0 aromatic heterocycles. The molecule has 2 aromatic carbocycles. The van der Waals surface area contributed by atoms with E-state index in [0.29, 0.717) is 16.0 Å². The van der Waals surface area contributed by atoms with Gasteiger partial charge in [-0.25, -0.2) is 4.39 Å². The zero-order valence-electron chi connectivity index (χ0n) is 13.7. The van der Waals surface area contributed by atoms with E-state index in [1.807, 2.05) is 0 Å². The van der Waals surface area contributed by atoms with E-state index in [-0.39, 0.29) is 13.0 Å². The Kier molecular flexibility index (Phi) is 5.27. The molecule has 0 bridgehead atoms. The highest BCUT2D eigenvalue weighted by Crippen LogP contribution is 2.39. The molecule has 7 heteroatoms. The standard InChI is InChI=1S/C19H17F4NO2/c20-15(11-13-7-3-1-4-8-13)17(25)24-16(14-9-5-2-6-10-14)12-26-18(24)19(21,22)23/h1-10,15-16,18H,11-12H2/t15-,16+,18+/m1/s1. The predicted octanol–water partition coefficient (Wildman–Crippen LogP) is 4.06. The molecular weight excluding hydrogens is 350 g/mol. The highest BCUT2D eigenvalue weighted by molar-refractivity contribution is 5.82. The molecule has 138 valence electrons. The number of rotatable bonds is 4. The minimum atomic E-state index is -4.80. The molecule has 1 amide bonds. The quantitative estimate of drug-likeness (QED) is 0.763. The van der Waals surface area contributed by atoms with Crippen LogP contribution in [0.2, 0.25) is 0 Å². The van der Waals surface area contributed by atoms with E-state index in [2.05, 4.69) is 0 Å². The fourth-order valence-corrected chi connectivity index (χ4v) is 3.03. The monoisotopic (exact) mass is 367 g/mol. The molecule has 3 nitrogen and oxygen atoms in total. The highest BCUT2D eigenvalue weighted by Gasteiger charge is 2.54. The molecular formula is C19H17F4NO2. The molecule has 2 aromatic rings. The van der Waals surface area contributed by atoms with Crippen molar-refractivity contribution in [2.45, 2.75) is 31.0 Å². The third-order valence-electron chi connectivity index (χ3n) is 4.24. The van der Waals surface area contributed by atoms with E-state index in [9.17, 15) is 22.4 Å². The van der Waals surface area contributed by atoms with Crippen LogP contribution in [0.1, 0.15) is 17.2 Å². The van der Waals surface area contributed by atoms with Gasteiger partial charge in [0.05, 0.1) is 12.6 Å². The van der Waals surface area contributed by atoms with Crippen LogP contribution in [0, 0.1) is 0 Å². The fourth-order valence-electron chi connectivity index (χ4n) is 3.03. The third-order valence-corrected chi connectivity index (χ3v) is 4.24. The number of amides is 1. The van der Waals surface area contributed by atoms with Crippen LogP contribution in [0.15, 0.2) is 60.7 Å². The molecule has 3 rings (SSSR count). The summed E-state index contributed by atoms with van der Waals surface area (Å²) in [4.78, 5) is 13.1. The zero-order valence-corrected chi connectivity index (χ0v) is 13.7. The fraction of sp³-hybridized carbons (Fsp3) is 0.316. The molecule has 0 N–H and O–H groups in total. The largest absolute Gasteiger partial charge is 0.433 e. The first-order valence-corrected chi connectivity index (χ1v) is 8.11. The van der Waals surface area contributed by atoms with Gasteiger partial charge in [-0.15, -0.1) is 0 Å². The molecule has 0 saturated carbocycles. The first-order chi connectivity index (χ1) is 12.4. The first kappa shape index (κ1) is 18.4. The number of halogens is 4. The van der Waals surface area contributed by atoms with E-state index >= 15 is 0 Å². The van der Waals surface area contributed by atoms with Crippen molar-refractivity contribution in [1.29, 1.82) is 0 Å². The number of nitrogens with zero attached hydrogens (tertiary/aromatic N) is 1. The Bertz CT molecular complexity index is 736. The Morgan fingerprint density at radius 3 is 2.23 bits per heavy atom. The van der Waals surface area contributed by atoms with Crippen LogP contribution in [0.25, 0.3) is 0 Å². The minimum Gasteiger partial charge on any atom is -0.347 e. The SMILES string of the molecule is O=C([C@H](F)Cc1ccccc1)N1[C@H](C(F)(F)F)OC[C@H]1c1ccccc1. The van der Waals surface area contributed by atoms with Crippen LogP contribution in [-0.4, -0.2) is 36.0 Å². The van der Waals surface area contributed by atoms with Gasteiger partial charge in [0.15, 0.2) is 6.17 Å². The molecule has 26 heavy (non-hydrogen) atoms. The summed E-state index contributed by atoms with van der Waals surface area (Å²) in [6.07, 6.45) is -9.63. The summed E-state index contributed by atoms with van der Waals surface area (Å²) >= 11 is 0. The minimum absolute atomic E-state index is 0.289. The third kappa shape index (κ3) is 3.88. The average Bonchev–Trinajstić information content (AvgIpc) is 3.08. The van der Waals surface area contributed by atoms with E-state index in [4.69, 9.17) is 4.74 Å². The molecule has 0 radical (unpaired) electrons. The number of ether oxygens (including phenoxy) is 1. The predicted molar refractivity (Wildman–Crippen MR) is 86.9 cm³/mol. The molecule has 0 unspecified atom stereocenters. The van der Waals surface area contributed by atoms with Crippen LogP contribution >= 0.6 is 0 Å². The summed E-state index contributed by atoms with van der Waals surface area (Å²) in [5.41, 5.74) is 1.01. The second-order valence-corrected chi connectivity index (χ2v) is 6.06. The lowest BCUT2D eigenvalue weighted by Gasteiger charge is -2.30. The molecule has 1 heterocycles. The van der Waals surface area contributed by atoms with Crippen LogP contribution < -0.4 is 0 Å². The van der Waals surface area contributed by atoms with Crippen molar-refractivity contribution in [2.75, 3.05) is 6.61 Å². The smallest absolute Gasteiger partial charge is 0.347 e. The maximum atomic E-state index is 14.6. The van der Waals surface area contributed by atoms with Gasteiger partial charge in [-0.05, 0) is 11.1 Å². The van der Waals surface area contributed by atoms with Crippen molar-refractivity contribution in [2.24, 2.45) is 0 Å². The first-order valence-electron chi connectivity index (χ1n) is 8.11. The van der Waals surface area contributed by atoms with E-state index in [1.165, 1.54) is 0 Å². The van der Waals surface area contributed by atoms with Gasteiger partial charge in [0.2, 0.25) is 6.23 Å². The lowest BCUT2D eigenvalue weighted by molar-refractivity contribution is -0.240. The average molecular weight is 367 g/mol. The summed E-state index contributed by atoms with van der Waals surface area (Å²) in [5, 5.41) is 0. The number of hydrogen-bond donors (Lipinski definition) is 0. The van der Waals surface area contributed by atoms with E-state index in [1.54, 1.807) is 60.7 Å². The molecule has 0 spiro atoms. The summed E-state index contributed by atoms with van der Waals surface area (Å²) in [6.45, 7) is -0.335. The van der Waals surface area contributed by atoms with Gasteiger partial charge in [0.25, 0.3) is 5.91 Å². The van der Waals surface area contributed by atoms with Crippen LogP contribution in [0.3, 0.4) is 0 Å². The Balaban J connectivity index is 1.86. The summed E-state index contributed by atoms with van der Waals surface area (Å²) in [6, 6.07) is 15.5. The van der Waals surface area contributed by atoms with Crippen molar-refractivity contribution in [3.05, 3.63) is 71.8 Å². The van der Waals surface area contributed by atoms with Crippen molar-refractivity contribution in [3.8, 4) is 0 Å². The van der Waals surface area contributed by atoms with Crippen LogP contribution in [0.5, 0.6) is 0 Å². The number of alkyl halides is 4. The summed E-state index contributed by atoms with van der Waals surface area (Å²) < 4.78 is 59.3. The number of carbonyl (C=O) groups excluding carboxylic acids is 1. The zero-order chi connectivity index (χ0) is 18.7. The van der Waals surface area contributed by atoms with Gasteiger partial charge in [-0.2, -0.15) is 13.2 Å². The lowest BCUT2D eigenvalue weighted by Crippen LogP contribution is -2.49. The second kappa shape index (κ2) is 7.45.